The Balaban J connectivity index is 2.01. The van der Waals surface area contributed by atoms with Crippen LogP contribution in [0.5, 0.6) is 0 Å². The van der Waals surface area contributed by atoms with Gasteiger partial charge < -0.3 is 10.2 Å². The Morgan fingerprint density at radius 1 is 1.47 bits per heavy atom. The Bertz CT molecular complexity index is 455. The van der Waals surface area contributed by atoms with Crippen LogP contribution in [0.4, 0.5) is 5.69 Å². The van der Waals surface area contributed by atoms with Gasteiger partial charge in [-0.3, -0.25) is 4.79 Å². The van der Waals surface area contributed by atoms with E-state index < -0.39 is 0 Å². The number of nitrogens with one attached hydrogen (secondary N) is 1. The van der Waals surface area contributed by atoms with Crippen molar-refractivity contribution in [3.05, 3.63) is 29.3 Å². The zero-order chi connectivity index (χ0) is 13.8. The highest BCUT2D eigenvalue weighted by molar-refractivity contribution is 7.99. The van der Waals surface area contributed by atoms with Gasteiger partial charge in [-0.2, -0.15) is 11.8 Å². The Labute approximate surface area is 119 Å². The van der Waals surface area contributed by atoms with Gasteiger partial charge in [0, 0.05) is 43.2 Å². The first kappa shape index (κ1) is 14.4. The molecule has 1 aromatic rings. The molecule has 1 atom stereocenters. The molecule has 0 radical (unpaired) electrons. The van der Waals surface area contributed by atoms with E-state index in [4.69, 9.17) is 0 Å². The van der Waals surface area contributed by atoms with Crippen molar-refractivity contribution in [2.75, 3.05) is 30.0 Å². The van der Waals surface area contributed by atoms with Gasteiger partial charge in [0.25, 0.3) is 0 Å². The molecule has 1 aliphatic rings. The molecule has 1 aromatic carbocycles. The fourth-order valence-corrected chi connectivity index (χ4v) is 3.36. The quantitative estimate of drug-likeness (QED) is 0.921. The summed E-state index contributed by atoms with van der Waals surface area (Å²) >= 11 is 1.92. The normalized spacial score (nSPS) is 19.2. The first-order valence-corrected chi connectivity index (χ1v) is 7.88. The van der Waals surface area contributed by atoms with Crippen LogP contribution in [0.2, 0.25) is 0 Å². The standard InChI is InChI=1S/C15H22N2OS/c1-11-4-5-14(12(2)8-11)17(3)15(18)9-13-10-19-7-6-16-13/h4-5,8,13,16H,6-7,9-10H2,1-3H3. The van der Waals surface area contributed by atoms with Gasteiger partial charge in [-0.25, -0.2) is 0 Å². The molecule has 3 nitrogen and oxygen atoms in total. The van der Waals surface area contributed by atoms with Crippen molar-refractivity contribution in [3.63, 3.8) is 0 Å². The average Bonchev–Trinajstić information content (AvgIpc) is 2.39. The maximum Gasteiger partial charge on any atom is 0.228 e. The second kappa shape index (κ2) is 6.44. The third-order valence-electron chi connectivity index (χ3n) is 3.51. The topological polar surface area (TPSA) is 32.3 Å². The van der Waals surface area contributed by atoms with Crippen LogP contribution in [-0.4, -0.2) is 37.0 Å². The molecule has 1 unspecified atom stereocenters. The number of aryl methyl sites for hydroxylation is 2. The fourth-order valence-electron chi connectivity index (χ4n) is 2.41. The van der Waals surface area contributed by atoms with Crippen molar-refractivity contribution in [1.82, 2.24) is 5.32 Å². The monoisotopic (exact) mass is 278 g/mol. The maximum absolute atomic E-state index is 12.3. The van der Waals surface area contributed by atoms with Gasteiger partial charge >= 0.3 is 0 Å². The van der Waals surface area contributed by atoms with Gasteiger partial charge in [0.15, 0.2) is 0 Å². The molecule has 1 aliphatic heterocycles. The highest BCUT2D eigenvalue weighted by atomic mass is 32.2. The van der Waals surface area contributed by atoms with Crippen LogP contribution in [0.25, 0.3) is 0 Å². The van der Waals surface area contributed by atoms with Gasteiger partial charge in [0.05, 0.1) is 0 Å². The highest BCUT2D eigenvalue weighted by Crippen LogP contribution is 2.21. The minimum absolute atomic E-state index is 0.187. The number of carbonyl (C=O) groups is 1. The number of hydrogen-bond donors (Lipinski definition) is 1. The van der Waals surface area contributed by atoms with E-state index in [1.807, 2.05) is 24.9 Å². The van der Waals surface area contributed by atoms with E-state index in [9.17, 15) is 4.79 Å². The smallest absolute Gasteiger partial charge is 0.228 e. The molecule has 4 heteroatoms. The lowest BCUT2D eigenvalue weighted by atomic mass is 10.1. The summed E-state index contributed by atoms with van der Waals surface area (Å²) in [4.78, 5) is 14.1. The minimum atomic E-state index is 0.187. The number of carbonyl (C=O) groups excluding carboxylic acids is 1. The van der Waals surface area contributed by atoms with E-state index in [0.717, 1.165) is 29.3 Å². The van der Waals surface area contributed by atoms with E-state index in [2.05, 4.69) is 31.3 Å². The summed E-state index contributed by atoms with van der Waals surface area (Å²) in [5, 5.41) is 3.41. The lowest BCUT2D eigenvalue weighted by Gasteiger charge is -2.26. The zero-order valence-electron chi connectivity index (χ0n) is 11.9. The van der Waals surface area contributed by atoms with Crippen molar-refractivity contribution in [2.45, 2.75) is 26.3 Å². The van der Waals surface area contributed by atoms with E-state index in [1.54, 1.807) is 4.90 Å². The summed E-state index contributed by atoms with van der Waals surface area (Å²) in [6.45, 7) is 5.14. The minimum Gasteiger partial charge on any atom is -0.315 e. The molecule has 2 rings (SSSR count). The third kappa shape index (κ3) is 3.74. The Kier molecular flexibility index (Phi) is 4.88. The van der Waals surface area contributed by atoms with Crippen LogP contribution in [0.15, 0.2) is 18.2 Å². The number of nitrogens with zero attached hydrogens (tertiary/aromatic N) is 1. The van der Waals surface area contributed by atoms with Crippen LogP contribution < -0.4 is 10.2 Å². The van der Waals surface area contributed by atoms with Gasteiger partial charge in [-0.05, 0) is 25.5 Å². The van der Waals surface area contributed by atoms with Crippen LogP contribution >= 0.6 is 11.8 Å². The Morgan fingerprint density at radius 3 is 2.89 bits per heavy atom. The summed E-state index contributed by atoms with van der Waals surface area (Å²) in [6.07, 6.45) is 0.580. The van der Waals surface area contributed by atoms with Crippen LogP contribution in [-0.2, 0) is 4.79 Å². The predicted octanol–water partition coefficient (Wildman–Crippen LogP) is 2.36. The lowest BCUT2D eigenvalue weighted by Crippen LogP contribution is -2.41. The largest absolute Gasteiger partial charge is 0.315 e. The highest BCUT2D eigenvalue weighted by Gasteiger charge is 2.20. The first-order valence-electron chi connectivity index (χ1n) is 6.73. The predicted molar refractivity (Wildman–Crippen MR) is 83.1 cm³/mol. The first-order chi connectivity index (χ1) is 9.08. The van der Waals surface area contributed by atoms with Crippen LogP contribution in [0.3, 0.4) is 0 Å². The molecular formula is C15H22N2OS. The van der Waals surface area contributed by atoms with Crippen LogP contribution in [0.1, 0.15) is 17.5 Å². The maximum atomic E-state index is 12.3. The van der Waals surface area contributed by atoms with E-state index in [1.165, 1.54) is 5.56 Å². The van der Waals surface area contributed by atoms with Gasteiger partial charge in [0.2, 0.25) is 5.91 Å². The number of rotatable bonds is 3. The molecule has 0 spiro atoms. The fraction of sp³-hybridized carbons (Fsp3) is 0.533. The summed E-state index contributed by atoms with van der Waals surface area (Å²) in [5.74, 6) is 2.37. The lowest BCUT2D eigenvalue weighted by molar-refractivity contribution is -0.118. The second-order valence-corrected chi connectivity index (χ2v) is 6.32. The Morgan fingerprint density at radius 2 is 2.26 bits per heavy atom. The summed E-state index contributed by atoms with van der Waals surface area (Å²) < 4.78 is 0. The van der Waals surface area contributed by atoms with Crippen molar-refractivity contribution in [3.8, 4) is 0 Å². The molecule has 0 bridgehead atoms. The molecular weight excluding hydrogens is 256 g/mol. The summed E-state index contributed by atoms with van der Waals surface area (Å²) in [5.41, 5.74) is 3.40. The van der Waals surface area contributed by atoms with Gasteiger partial charge in [-0.1, -0.05) is 17.7 Å². The number of thioether (sulfide) groups is 1. The number of hydrogen-bond acceptors (Lipinski definition) is 3. The average molecular weight is 278 g/mol. The molecule has 1 saturated heterocycles. The van der Waals surface area contributed by atoms with E-state index in [0.29, 0.717) is 12.5 Å². The van der Waals surface area contributed by atoms with Crippen molar-refractivity contribution in [2.24, 2.45) is 0 Å². The van der Waals surface area contributed by atoms with Gasteiger partial charge in [-0.15, -0.1) is 0 Å². The van der Waals surface area contributed by atoms with Crippen LogP contribution in [0, 0.1) is 13.8 Å². The van der Waals surface area contributed by atoms with Gasteiger partial charge in [0.1, 0.15) is 0 Å². The number of benzene rings is 1. The Hall–Kier alpha value is -1.00. The molecule has 0 aliphatic carbocycles. The molecule has 1 heterocycles. The molecule has 0 saturated carbocycles. The molecule has 0 aromatic heterocycles. The third-order valence-corrected chi connectivity index (χ3v) is 4.64. The SMILES string of the molecule is Cc1ccc(N(C)C(=O)CC2CSCCN2)c(C)c1. The molecule has 1 fully saturated rings. The van der Waals surface area contributed by atoms with Crippen molar-refractivity contribution in [1.29, 1.82) is 0 Å². The van der Waals surface area contributed by atoms with E-state index >= 15 is 0 Å². The summed E-state index contributed by atoms with van der Waals surface area (Å²) in [6, 6.07) is 6.53. The second-order valence-electron chi connectivity index (χ2n) is 5.17. The molecule has 1 amide bonds. The zero-order valence-corrected chi connectivity index (χ0v) is 12.7. The molecule has 19 heavy (non-hydrogen) atoms. The molecule has 104 valence electrons. The van der Waals surface area contributed by atoms with Crippen molar-refractivity contribution < 1.29 is 4.79 Å². The molecule has 1 N–H and O–H groups in total. The van der Waals surface area contributed by atoms with Crippen molar-refractivity contribution >= 4 is 23.4 Å². The number of amides is 1. The number of anilines is 1. The summed E-state index contributed by atoms with van der Waals surface area (Å²) in [7, 11) is 1.87. The van der Waals surface area contributed by atoms with E-state index in [-0.39, 0.29) is 5.91 Å².